The largest absolute Gasteiger partial charge is 0.394 e. The summed E-state index contributed by atoms with van der Waals surface area (Å²) in [6.07, 6.45) is 3.25. The molecule has 9 heteroatoms. The van der Waals surface area contributed by atoms with Gasteiger partial charge < -0.3 is 10.0 Å². The minimum absolute atomic E-state index is 0.00545. The predicted molar refractivity (Wildman–Crippen MR) is 104 cm³/mol. The Labute approximate surface area is 162 Å². The molecule has 1 fully saturated rings. The highest BCUT2D eigenvalue weighted by Gasteiger charge is 2.29. The molecule has 1 aliphatic rings. The van der Waals surface area contributed by atoms with Crippen molar-refractivity contribution < 1.29 is 13.5 Å². The maximum absolute atomic E-state index is 13.1. The number of halogens is 1. The number of aliphatic hydroxyl groups excluding tert-OH is 1. The predicted octanol–water partition coefficient (Wildman–Crippen LogP) is 2.59. The number of aliphatic hydroxyl groups is 1. The zero-order valence-corrected chi connectivity index (χ0v) is 16.3. The van der Waals surface area contributed by atoms with Crippen LogP contribution in [0.15, 0.2) is 41.4 Å². The average molecular weight is 407 g/mol. The zero-order valence-electron chi connectivity index (χ0n) is 14.7. The van der Waals surface area contributed by atoms with E-state index < -0.39 is 10.0 Å². The summed E-state index contributed by atoms with van der Waals surface area (Å²) in [4.78, 5) is 10.6. The van der Waals surface area contributed by atoms with Gasteiger partial charge in [0, 0.05) is 12.7 Å². The molecule has 142 valence electrons. The fourth-order valence-corrected chi connectivity index (χ4v) is 4.95. The molecule has 1 aromatic carbocycles. The van der Waals surface area contributed by atoms with Crippen molar-refractivity contribution >= 4 is 38.5 Å². The third-order valence-electron chi connectivity index (χ3n) is 4.90. The van der Waals surface area contributed by atoms with Crippen LogP contribution in [0.1, 0.15) is 18.4 Å². The van der Waals surface area contributed by atoms with E-state index in [0.717, 1.165) is 28.9 Å². The Hall–Kier alpha value is -2.16. The van der Waals surface area contributed by atoms with Crippen LogP contribution in [0.3, 0.4) is 0 Å². The normalized spacial score (nSPS) is 17.7. The summed E-state index contributed by atoms with van der Waals surface area (Å²) in [5.74, 6) is 0.555. The Morgan fingerprint density at radius 2 is 1.96 bits per heavy atom. The third kappa shape index (κ3) is 3.07. The number of nitrogens with zero attached hydrogens (tertiary/aromatic N) is 4. The summed E-state index contributed by atoms with van der Waals surface area (Å²) < 4.78 is 27.3. The second-order valence-corrected chi connectivity index (χ2v) is 8.81. The lowest BCUT2D eigenvalue weighted by Crippen LogP contribution is -2.33. The molecule has 0 aliphatic carbocycles. The number of hydrogen-bond donors (Lipinski definition) is 1. The molecule has 0 bridgehead atoms. The van der Waals surface area contributed by atoms with Gasteiger partial charge in [-0.2, -0.15) is 9.97 Å². The molecule has 7 nitrogen and oxygen atoms in total. The highest BCUT2D eigenvalue weighted by Crippen LogP contribution is 2.32. The molecule has 0 amide bonds. The molecule has 0 saturated carbocycles. The van der Waals surface area contributed by atoms with E-state index >= 15 is 0 Å². The Bertz CT molecular complexity index is 1100. The molecular weight excluding hydrogens is 388 g/mol. The van der Waals surface area contributed by atoms with Gasteiger partial charge in [-0.15, -0.1) is 0 Å². The molecule has 0 radical (unpaired) electrons. The van der Waals surface area contributed by atoms with E-state index in [4.69, 9.17) is 11.6 Å². The Balaban J connectivity index is 1.88. The molecule has 1 N–H and O–H groups in total. The van der Waals surface area contributed by atoms with Gasteiger partial charge in [0.2, 0.25) is 5.28 Å². The summed E-state index contributed by atoms with van der Waals surface area (Å²) >= 11 is 6.12. The second-order valence-electron chi connectivity index (χ2n) is 6.66. The first kappa shape index (κ1) is 18.2. The molecule has 0 spiro atoms. The van der Waals surface area contributed by atoms with Gasteiger partial charge in [-0.1, -0.05) is 17.7 Å². The topological polar surface area (TPSA) is 88.3 Å². The number of aromatic nitrogens is 3. The van der Waals surface area contributed by atoms with E-state index in [0.29, 0.717) is 11.2 Å². The SMILES string of the molecule is Cc1ccc(S(=O)(=O)n2ccc3c(N4CCC[C@H]4CO)nc(Cl)nc32)cc1. The maximum atomic E-state index is 13.1. The van der Waals surface area contributed by atoms with Crippen LogP contribution in [0.5, 0.6) is 0 Å². The lowest BCUT2D eigenvalue weighted by molar-refractivity contribution is 0.266. The van der Waals surface area contributed by atoms with Crippen molar-refractivity contribution in [1.82, 2.24) is 13.9 Å². The summed E-state index contributed by atoms with van der Waals surface area (Å²) in [6, 6.07) is 8.27. The third-order valence-corrected chi connectivity index (χ3v) is 6.75. The maximum Gasteiger partial charge on any atom is 0.269 e. The fourth-order valence-electron chi connectivity index (χ4n) is 3.49. The van der Waals surface area contributed by atoms with Gasteiger partial charge in [0.05, 0.1) is 22.9 Å². The number of rotatable bonds is 4. The van der Waals surface area contributed by atoms with Crippen molar-refractivity contribution in [3.05, 3.63) is 47.4 Å². The molecule has 4 rings (SSSR count). The van der Waals surface area contributed by atoms with Gasteiger partial charge in [-0.05, 0) is 49.6 Å². The van der Waals surface area contributed by atoms with Crippen LogP contribution in [0, 0.1) is 6.92 Å². The summed E-state index contributed by atoms with van der Waals surface area (Å²) in [6.45, 7) is 2.63. The van der Waals surface area contributed by atoms with Crippen molar-refractivity contribution in [1.29, 1.82) is 0 Å². The quantitative estimate of drug-likeness (QED) is 0.670. The van der Waals surface area contributed by atoms with Crippen LogP contribution >= 0.6 is 11.6 Å². The summed E-state index contributed by atoms with van der Waals surface area (Å²) in [5, 5.41) is 10.2. The van der Waals surface area contributed by atoms with Crippen molar-refractivity contribution in [2.24, 2.45) is 0 Å². The number of benzene rings is 1. The second kappa shape index (κ2) is 6.78. The van der Waals surface area contributed by atoms with Gasteiger partial charge in [0.15, 0.2) is 5.65 Å². The Kier molecular flexibility index (Phi) is 4.57. The number of fused-ring (bicyclic) bond motifs is 1. The number of aryl methyl sites for hydroxylation is 1. The minimum Gasteiger partial charge on any atom is -0.394 e. The van der Waals surface area contributed by atoms with E-state index in [1.54, 1.807) is 30.3 Å². The first-order valence-corrected chi connectivity index (χ1v) is 10.5. The van der Waals surface area contributed by atoms with Crippen LogP contribution < -0.4 is 4.90 Å². The number of hydrogen-bond acceptors (Lipinski definition) is 6. The van der Waals surface area contributed by atoms with Gasteiger partial charge in [-0.25, -0.2) is 12.4 Å². The molecule has 1 atom stereocenters. The minimum atomic E-state index is -3.82. The van der Waals surface area contributed by atoms with E-state index in [2.05, 4.69) is 9.97 Å². The van der Waals surface area contributed by atoms with Crippen LogP contribution in [-0.2, 0) is 10.0 Å². The highest BCUT2D eigenvalue weighted by molar-refractivity contribution is 7.90. The zero-order chi connectivity index (χ0) is 19.2. The van der Waals surface area contributed by atoms with E-state index in [9.17, 15) is 13.5 Å². The van der Waals surface area contributed by atoms with Crippen LogP contribution in [0.4, 0.5) is 5.82 Å². The van der Waals surface area contributed by atoms with Crippen molar-refractivity contribution in [2.75, 3.05) is 18.1 Å². The molecule has 3 aromatic rings. The lowest BCUT2D eigenvalue weighted by atomic mass is 10.2. The number of anilines is 1. The fraction of sp³-hybridized carbons (Fsp3) is 0.333. The standard InChI is InChI=1S/C18H19ClN4O3S/c1-12-4-6-14(7-5-12)27(25,26)23-10-8-15-16(20-18(19)21-17(15)23)22-9-2-3-13(22)11-24/h4-8,10,13,24H,2-3,9,11H2,1H3/t13-/m0/s1. The Morgan fingerprint density at radius 1 is 1.22 bits per heavy atom. The molecule has 2 aromatic heterocycles. The smallest absolute Gasteiger partial charge is 0.269 e. The molecule has 1 saturated heterocycles. The van der Waals surface area contributed by atoms with Crippen LogP contribution in [0.2, 0.25) is 5.28 Å². The average Bonchev–Trinajstić information content (AvgIpc) is 3.28. The summed E-state index contributed by atoms with van der Waals surface area (Å²) in [7, 11) is -3.82. The Morgan fingerprint density at radius 3 is 2.67 bits per heavy atom. The molecule has 27 heavy (non-hydrogen) atoms. The van der Waals surface area contributed by atoms with Gasteiger partial charge in [-0.3, -0.25) is 0 Å². The van der Waals surface area contributed by atoms with Crippen molar-refractivity contribution in [3.63, 3.8) is 0 Å². The first-order chi connectivity index (χ1) is 12.9. The van der Waals surface area contributed by atoms with E-state index in [-0.39, 0.29) is 28.5 Å². The van der Waals surface area contributed by atoms with Gasteiger partial charge in [0.1, 0.15) is 5.82 Å². The molecular formula is C18H19ClN4O3S. The highest BCUT2D eigenvalue weighted by atomic mass is 35.5. The van der Waals surface area contributed by atoms with Crippen LogP contribution in [-0.4, -0.2) is 46.7 Å². The summed E-state index contributed by atoms with van der Waals surface area (Å²) in [5.41, 5.74) is 1.21. The molecule has 0 unspecified atom stereocenters. The molecule has 1 aliphatic heterocycles. The van der Waals surface area contributed by atoms with E-state index in [1.165, 1.54) is 6.20 Å². The monoisotopic (exact) mass is 406 g/mol. The first-order valence-electron chi connectivity index (χ1n) is 8.66. The van der Waals surface area contributed by atoms with Gasteiger partial charge >= 0.3 is 0 Å². The van der Waals surface area contributed by atoms with Gasteiger partial charge in [0.25, 0.3) is 10.0 Å². The lowest BCUT2D eigenvalue weighted by Gasteiger charge is -2.24. The van der Waals surface area contributed by atoms with E-state index in [1.807, 2.05) is 11.8 Å². The van der Waals surface area contributed by atoms with Crippen molar-refractivity contribution in [2.45, 2.75) is 30.7 Å². The molecule has 3 heterocycles. The van der Waals surface area contributed by atoms with Crippen molar-refractivity contribution in [3.8, 4) is 0 Å². The van der Waals surface area contributed by atoms with Crippen LogP contribution in [0.25, 0.3) is 11.0 Å².